The van der Waals surface area contributed by atoms with Gasteiger partial charge in [-0.15, -0.1) is 0 Å². The van der Waals surface area contributed by atoms with E-state index in [0.29, 0.717) is 0 Å². The summed E-state index contributed by atoms with van der Waals surface area (Å²) in [6, 6.07) is 13.7. The zero-order valence-corrected chi connectivity index (χ0v) is 11.9. The summed E-state index contributed by atoms with van der Waals surface area (Å²) < 4.78 is 0. The Labute approximate surface area is 120 Å². The Morgan fingerprint density at radius 2 is 1.95 bits per heavy atom. The molecule has 0 spiro atoms. The average molecular weight is 268 g/mol. The van der Waals surface area contributed by atoms with Gasteiger partial charge in [0.25, 0.3) is 0 Å². The SMILES string of the molecule is CN(C)C/C=C(\c1ccccc1)C(O)c1cccnc1. The maximum atomic E-state index is 10.6. The first-order valence-corrected chi connectivity index (χ1v) is 6.66. The molecule has 104 valence electrons. The second kappa shape index (κ2) is 6.98. The van der Waals surface area contributed by atoms with E-state index in [-0.39, 0.29) is 0 Å². The minimum Gasteiger partial charge on any atom is -0.384 e. The standard InChI is InChI=1S/C17H20N2O/c1-19(2)12-10-16(14-7-4-3-5-8-14)17(20)15-9-6-11-18-13-15/h3-11,13,17,20H,12H2,1-2H3/b16-10+. The van der Waals surface area contributed by atoms with Crippen molar-refractivity contribution >= 4 is 5.57 Å². The first kappa shape index (κ1) is 14.4. The van der Waals surface area contributed by atoms with Crippen molar-refractivity contribution in [1.82, 2.24) is 9.88 Å². The van der Waals surface area contributed by atoms with E-state index in [4.69, 9.17) is 0 Å². The second-order valence-electron chi connectivity index (χ2n) is 4.98. The molecule has 0 aliphatic carbocycles. The zero-order valence-electron chi connectivity index (χ0n) is 11.9. The Hall–Kier alpha value is -1.97. The third-order valence-electron chi connectivity index (χ3n) is 3.08. The smallest absolute Gasteiger partial charge is 0.106 e. The molecule has 0 radical (unpaired) electrons. The average Bonchev–Trinajstić information content (AvgIpc) is 2.49. The fourth-order valence-corrected chi connectivity index (χ4v) is 2.02. The van der Waals surface area contributed by atoms with Crippen LogP contribution in [0, 0.1) is 0 Å². The summed E-state index contributed by atoms with van der Waals surface area (Å²) >= 11 is 0. The molecule has 0 amide bonds. The summed E-state index contributed by atoms with van der Waals surface area (Å²) in [6.07, 6.45) is 4.82. The second-order valence-corrected chi connectivity index (χ2v) is 4.98. The van der Waals surface area contributed by atoms with Crippen LogP contribution in [0.2, 0.25) is 0 Å². The van der Waals surface area contributed by atoms with Gasteiger partial charge in [0, 0.05) is 24.5 Å². The molecule has 0 saturated heterocycles. The number of hydrogen-bond donors (Lipinski definition) is 1. The molecule has 0 aliphatic heterocycles. The molecule has 2 rings (SSSR count). The van der Waals surface area contributed by atoms with Gasteiger partial charge in [0.1, 0.15) is 6.10 Å². The van der Waals surface area contributed by atoms with E-state index in [1.807, 2.05) is 56.6 Å². The fourth-order valence-electron chi connectivity index (χ4n) is 2.02. The van der Waals surface area contributed by atoms with E-state index >= 15 is 0 Å². The highest BCUT2D eigenvalue weighted by molar-refractivity contribution is 5.70. The molecule has 3 nitrogen and oxygen atoms in total. The van der Waals surface area contributed by atoms with Crippen molar-refractivity contribution in [2.24, 2.45) is 0 Å². The molecule has 1 N–H and O–H groups in total. The minimum absolute atomic E-state index is 0.661. The fraction of sp³-hybridized carbons (Fsp3) is 0.235. The highest BCUT2D eigenvalue weighted by atomic mass is 16.3. The number of likely N-dealkylation sites (N-methyl/N-ethyl adjacent to an activating group) is 1. The molecule has 1 unspecified atom stereocenters. The van der Waals surface area contributed by atoms with Gasteiger partial charge in [0.2, 0.25) is 0 Å². The van der Waals surface area contributed by atoms with E-state index in [1.165, 1.54) is 0 Å². The molecular weight excluding hydrogens is 248 g/mol. The lowest BCUT2D eigenvalue weighted by molar-refractivity contribution is 0.237. The molecule has 1 atom stereocenters. The van der Waals surface area contributed by atoms with Crippen molar-refractivity contribution in [1.29, 1.82) is 0 Å². The Balaban J connectivity index is 2.34. The van der Waals surface area contributed by atoms with Gasteiger partial charge in [-0.05, 0) is 31.3 Å². The quantitative estimate of drug-likeness (QED) is 0.906. The van der Waals surface area contributed by atoms with Crippen LogP contribution in [0.3, 0.4) is 0 Å². The van der Waals surface area contributed by atoms with Crippen LogP contribution in [0.1, 0.15) is 17.2 Å². The van der Waals surface area contributed by atoms with Crippen molar-refractivity contribution in [2.75, 3.05) is 20.6 Å². The predicted octanol–water partition coefficient (Wildman–Crippen LogP) is 2.76. The largest absolute Gasteiger partial charge is 0.384 e. The van der Waals surface area contributed by atoms with Crippen LogP contribution in [0.15, 0.2) is 60.9 Å². The molecule has 1 heterocycles. The molecular formula is C17H20N2O. The van der Waals surface area contributed by atoms with Gasteiger partial charge in [-0.3, -0.25) is 4.98 Å². The highest BCUT2D eigenvalue weighted by Gasteiger charge is 2.15. The lowest BCUT2D eigenvalue weighted by atomic mass is 9.95. The molecule has 2 aromatic rings. The van der Waals surface area contributed by atoms with Crippen LogP contribution in [0.25, 0.3) is 5.57 Å². The van der Waals surface area contributed by atoms with Crippen LogP contribution >= 0.6 is 0 Å². The summed E-state index contributed by atoms with van der Waals surface area (Å²) in [6.45, 7) is 0.779. The minimum atomic E-state index is -0.661. The Morgan fingerprint density at radius 1 is 1.20 bits per heavy atom. The number of aliphatic hydroxyl groups excluding tert-OH is 1. The summed E-state index contributed by atoms with van der Waals surface area (Å²) in [5, 5.41) is 10.6. The van der Waals surface area contributed by atoms with E-state index in [9.17, 15) is 5.11 Å². The molecule has 0 fully saturated rings. The van der Waals surface area contributed by atoms with Gasteiger partial charge in [-0.2, -0.15) is 0 Å². The highest BCUT2D eigenvalue weighted by Crippen LogP contribution is 2.29. The number of aliphatic hydroxyl groups is 1. The van der Waals surface area contributed by atoms with Crippen LogP contribution in [0.5, 0.6) is 0 Å². The monoisotopic (exact) mass is 268 g/mol. The van der Waals surface area contributed by atoms with E-state index < -0.39 is 6.10 Å². The lowest BCUT2D eigenvalue weighted by Crippen LogP contribution is -2.12. The van der Waals surface area contributed by atoms with E-state index in [1.54, 1.807) is 12.4 Å². The van der Waals surface area contributed by atoms with Crippen molar-refractivity contribution < 1.29 is 5.11 Å². The summed E-state index contributed by atoms with van der Waals surface area (Å²) in [4.78, 5) is 6.15. The molecule has 1 aromatic carbocycles. The first-order chi connectivity index (χ1) is 9.68. The molecule has 0 bridgehead atoms. The summed E-state index contributed by atoms with van der Waals surface area (Å²) in [7, 11) is 4.02. The number of aromatic nitrogens is 1. The van der Waals surface area contributed by atoms with Gasteiger partial charge in [0.05, 0.1) is 0 Å². The van der Waals surface area contributed by atoms with Crippen molar-refractivity contribution in [3.8, 4) is 0 Å². The molecule has 3 heteroatoms. The van der Waals surface area contributed by atoms with E-state index in [2.05, 4.69) is 16.0 Å². The lowest BCUT2D eigenvalue weighted by Gasteiger charge is -2.17. The van der Waals surface area contributed by atoms with Crippen LogP contribution in [-0.2, 0) is 0 Å². The number of pyridine rings is 1. The van der Waals surface area contributed by atoms with Crippen LogP contribution in [-0.4, -0.2) is 35.6 Å². The number of hydrogen-bond acceptors (Lipinski definition) is 3. The Morgan fingerprint density at radius 3 is 2.55 bits per heavy atom. The van der Waals surface area contributed by atoms with Gasteiger partial charge in [-0.1, -0.05) is 42.5 Å². The molecule has 20 heavy (non-hydrogen) atoms. The first-order valence-electron chi connectivity index (χ1n) is 6.66. The van der Waals surface area contributed by atoms with Crippen molar-refractivity contribution in [2.45, 2.75) is 6.10 Å². The van der Waals surface area contributed by atoms with Gasteiger partial charge in [0.15, 0.2) is 0 Å². The maximum absolute atomic E-state index is 10.6. The van der Waals surface area contributed by atoms with Crippen LogP contribution < -0.4 is 0 Å². The predicted molar refractivity (Wildman–Crippen MR) is 82.2 cm³/mol. The van der Waals surface area contributed by atoms with Gasteiger partial charge in [-0.25, -0.2) is 0 Å². The number of rotatable bonds is 5. The topological polar surface area (TPSA) is 36.4 Å². The summed E-state index contributed by atoms with van der Waals surface area (Å²) in [5.74, 6) is 0. The molecule has 0 saturated carbocycles. The number of benzene rings is 1. The molecule has 1 aromatic heterocycles. The van der Waals surface area contributed by atoms with Crippen LogP contribution in [0.4, 0.5) is 0 Å². The summed E-state index contributed by atoms with van der Waals surface area (Å²) in [5.41, 5.74) is 2.75. The van der Waals surface area contributed by atoms with E-state index in [0.717, 1.165) is 23.2 Å². The Bertz CT molecular complexity index is 550. The van der Waals surface area contributed by atoms with Crippen molar-refractivity contribution in [3.05, 3.63) is 72.1 Å². The maximum Gasteiger partial charge on any atom is 0.106 e. The molecule has 0 aliphatic rings. The third-order valence-corrected chi connectivity index (χ3v) is 3.08. The van der Waals surface area contributed by atoms with Gasteiger partial charge < -0.3 is 10.0 Å². The number of nitrogens with zero attached hydrogens (tertiary/aromatic N) is 2. The zero-order chi connectivity index (χ0) is 14.4. The van der Waals surface area contributed by atoms with Crippen molar-refractivity contribution in [3.63, 3.8) is 0 Å². The third kappa shape index (κ3) is 3.76. The normalized spacial score (nSPS) is 13.5. The van der Waals surface area contributed by atoms with Gasteiger partial charge >= 0.3 is 0 Å². The Kier molecular flexibility index (Phi) is 5.04.